The van der Waals surface area contributed by atoms with E-state index in [-0.39, 0.29) is 0 Å². The molecule has 8 heteroatoms. The molecule has 35 heavy (non-hydrogen) atoms. The molecule has 2 saturated carbocycles. The second-order valence-electron chi connectivity index (χ2n) is 10.4. The molecule has 2 aliphatic carbocycles. The zero-order valence-electron chi connectivity index (χ0n) is 20.5. The topological polar surface area (TPSA) is 72.5 Å². The van der Waals surface area contributed by atoms with E-state index in [4.69, 9.17) is 10.1 Å². The van der Waals surface area contributed by atoms with Crippen LogP contribution >= 0.6 is 11.3 Å². The minimum Gasteiger partial charge on any atom is -0.365 e. The molecule has 3 heterocycles. The fraction of sp³-hybridized carbons (Fsp3) is 0.593. The van der Waals surface area contributed by atoms with E-state index in [0.29, 0.717) is 11.6 Å². The van der Waals surface area contributed by atoms with E-state index in [9.17, 15) is 5.26 Å². The highest BCUT2D eigenvalue weighted by atomic mass is 32.1. The summed E-state index contributed by atoms with van der Waals surface area (Å²) in [4.78, 5) is 11.1. The predicted octanol–water partition coefficient (Wildman–Crippen LogP) is 5.53. The molecule has 1 aliphatic heterocycles. The third-order valence-corrected chi connectivity index (χ3v) is 9.07. The number of aromatic nitrogens is 3. The number of fused-ring (bicyclic) bond motifs is 1. The van der Waals surface area contributed by atoms with Gasteiger partial charge in [0.25, 0.3) is 0 Å². The van der Waals surface area contributed by atoms with Gasteiger partial charge in [0.1, 0.15) is 5.69 Å². The first-order chi connectivity index (χ1) is 17.3. The number of piperazine rings is 1. The summed E-state index contributed by atoms with van der Waals surface area (Å²) in [7, 11) is 0. The molecule has 7 nitrogen and oxygen atoms in total. The van der Waals surface area contributed by atoms with E-state index in [1.807, 2.05) is 28.8 Å². The Hall–Kier alpha value is -2.63. The van der Waals surface area contributed by atoms with Crippen LogP contribution in [0, 0.1) is 11.3 Å². The first kappa shape index (κ1) is 22.8. The predicted molar refractivity (Wildman–Crippen MR) is 142 cm³/mol. The molecule has 0 radical (unpaired) electrons. The Kier molecular flexibility index (Phi) is 6.62. The summed E-state index contributed by atoms with van der Waals surface area (Å²) in [6.45, 7) is 4.36. The van der Waals surface area contributed by atoms with Gasteiger partial charge >= 0.3 is 0 Å². The van der Waals surface area contributed by atoms with Crippen molar-refractivity contribution in [2.24, 2.45) is 0 Å². The fourth-order valence-corrected chi connectivity index (χ4v) is 7.02. The molecule has 1 N–H and O–H groups in total. The van der Waals surface area contributed by atoms with Crippen LogP contribution in [0.25, 0.3) is 16.2 Å². The van der Waals surface area contributed by atoms with Gasteiger partial charge in [-0.3, -0.25) is 4.90 Å². The summed E-state index contributed by atoms with van der Waals surface area (Å²) in [5.74, 6) is 1.000. The Morgan fingerprint density at radius 3 is 2.26 bits per heavy atom. The largest absolute Gasteiger partial charge is 0.365 e. The minimum absolute atomic E-state index is 0.463. The number of imidazole rings is 1. The highest BCUT2D eigenvalue weighted by molar-refractivity contribution is 7.20. The van der Waals surface area contributed by atoms with Crippen LogP contribution in [-0.2, 0) is 0 Å². The van der Waals surface area contributed by atoms with Gasteiger partial charge in [0.15, 0.2) is 5.82 Å². The summed E-state index contributed by atoms with van der Waals surface area (Å²) in [6.07, 6.45) is 13.2. The molecule has 1 saturated heterocycles. The monoisotopic (exact) mass is 489 g/mol. The maximum Gasteiger partial charge on any atom is 0.216 e. The van der Waals surface area contributed by atoms with E-state index in [1.54, 1.807) is 11.3 Å². The summed E-state index contributed by atoms with van der Waals surface area (Å²) in [5.41, 5.74) is 2.64. The van der Waals surface area contributed by atoms with E-state index in [1.165, 1.54) is 64.2 Å². The lowest BCUT2D eigenvalue weighted by Gasteiger charge is -2.40. The lowest BCUT2D eigenvalue weighted by molar-refractivity contribution is 0.148. The highest BCUT2D eigenvalue weighted by Gasteiger charge is 2.28. The second kappa shape index (κ2) is 10.2. The third kappa shape index (κ3) is 4.76. The average Bonchev–Trinajstić information content (AvgIpc) is 3.49. The number of nitrogens with one attached hydrogen (secondary N) is 1. The van der Waals surface area contributed by atoms with Crippen LogP contribution < -0.4 is 10.2 Å². The van der Waals surface area contributed by atoms with Crippen molar-refractivity contribution in [3.63, 3.8) is 0 Å². The standard InChI is InChI=1S/C27H35N7S/c28-19-20-11-13-21(14-12-20)24-25(29-22-7-3-1-4-8-22)34-26(30-24)35-27(31-34)33-17-15-32(16-18-33)23-9-5-2-6-10-23/h11-14,22-23,29H,1-10,15-18H2. The number of benzene rings is 1. The second-order valence-corrected chi connectivity index (χ2v) is 11.3. The molecule has 0 spiro atoms. The highest BCUT2D eigenvalue weighted by Crippen LogP contribution is 2.35. The number of anilines is 2. The first-order valence-corrected chi connectivity index (χ1v) is 14.3. The van der Waals surface area contributed by atoms with Gasteiger partial charge in [-0.15, -0.1) is 5.10 Å². The first-order valence-electron chi connectivity index (χ1n) is 13.4. The van der Waals surface area contributed by atoms with Gasteiger partial charge in [0.05, 0.1) is 11.6 Å². The number of nitrogens with zero attached hydrogens (tertiary/aromatic N) is 6. The zero-order valence-corrected chi connectivity index (χ0v) is 21.3. The van der Waals surface area contributed by atoms with Gasteiger partial charge < -0.3 is 10.2 Å². The molecule has 3 aromatic rings. The Balaban J connectivity index is 1.25. The Morgan fingerprint density at radius 1 is 0.886 bits per heavy atom. The van der Waals surface area contributed by atoms with Crippen molar-refractivity contribution in [1.82, 2.24) is 19.5 Å². The van der Waals surface area contributed by atoms with E-state index in [2.05, 4.69) is 21.2 Å². The van der Waals surface area contributed by atoms with Gasteiger partial charge in [0.2, 0.25) is 10.1 Å². The van der Waals surface area contributed by atoms with Crippen molar-refractivity contribution in [3.05, 3.63) is 29.8 Å². The zero-order chi connectivity index (χ0) is 23.6. The van der Waals surface area contributed by atoms with Crippen molar-refractivity contribution < 1.29 is 0 Å². The van der Waals surface area contributed by atoms with Crippen molar-refractivity contribution in [1.29, 1.82) is 5.26 Å². The van der Waals surface area contributed by atoms with Gasteiger partial charge in [-0.05, 0) is 37.8 Å². The molecular weight excluding hydrogens is 454 g/mol. The van der Waals surface area contributed by atoms with Gasteiger partial charge in [0, 0.05) is 43.8 Å². The van der Waals surface area contributed by atoms with Gasteiger partial charge in [-0.2, -0.15) is 9.78 Å². The van der Waals surface area contributed by atoms with Crippen LogP contribution in [0.4, 0.5) is 10.9 Å². The molecule has 0 atom stereocenters. The third-order valence-electron chi connectivity index (χ3n) is 8.10. The lowest BCUT2D eigenvalue weighted by atomic mass is 9.94. The fourth-order valence-electron chi connectivity index (χ4n) is 6.06. The number of rotatable bonds is 5. The van der Waals surface area contributed by atoms with Crippen molar-refractivity contribution in [2.45, 2.75) is 76.3 Å². The molecular formula is C27H35N7S. The molecule has 0 bridgehead atoms. The van der Waals surface area contributed by atoms with Crippen LogP contribution in [0.3, 0.4) is 0 Å². The van der Waals surface area contributed by atoms with E-state index < -0.39 is 0 Å². The van der Waals surface area contributed by atoms with E-state index >= 15 is 0 Å². The van der Waals surface area contributed by atoms with Gasteiger partial charge in [-0.1, -0.05) is 62.0 Å². The van der Waals surface area contributed by atoms with Crippen molar-refractivity contribution >= 4 is 27.2 Å². The van der Waals surface area contributed by atoms with Crippen LogP contribution in [-0.4, -0.2) is 57.8 Å². The van der Waals surface area contributed by atoms with Crippen LogP contribution in [0.15, 0.2) is 24.3 Å². The van der Waals surface area contributed by atoms with Crippen molar-refractivity contribution in [2.75, 3.05) is 36.4 Å². The summed E-state index contributed by atoms with van der Waals surface area (Å²) >= 11 is 1.70. The summed E-state index contributed by atoms with van der Waals surface area (Å²) < 4.78 is 2.04. The molecule has 3 fully saturated rings. The summed E-state index contributed by atoms with van der Waals surface area (Å²) in [5, 5.41) is 19.2. The normalized spacial score (nSPS) is 20.8. The number of hydrogen-bond donors (Lipinski definition) is 1. The molecule has 6 rings (SSSR count). The maximum absolute atomic E-state index is 9.20. The molecule has 1 aromatic carbocycles. The number of nitriles is 1. The summed E-state index contributed by atoms with van der Waals surface area (Å²) in [6, 6.07) is 11.2. The Morgan fingerprint density at radius 2 is 1.57 bits per heavy atom. The van der Waals surface area contributed by atoms with Crippen LogP contribution in [0.2, 0.25) is 0 Å². The molecule has 184 valence electrons. The van der Waals surface area contributed by atoms with Crippen LogP contribution in [0.5, 0.6) is 0 Å². The maximum atomic E-state index is 9.20. The van der Waals surface area contributed by atoms with Crippen molar-refractivity contribution in [3.8, 4) is 17.3 Å². The Bertz CT molecular complexity index is 1170. The Labute approximate surface area is 211 Å². The van der Waals surface area contributed by atoms with Gasteiger partial charge in [-0.25, -0.2) is 4.98 Å². The molecule has 0 unspecified atom stereocenters. The molecule has 0 amide bonds. The average molecular weight is 490 g/mol. The SMILES string of the molecule is N#Cc1ccc(-c2nc3sc(N4CCN(C5CCCCC5)CC4)nn3c2NC2CCCCC2)cc1. The smallest absolute Gasteiger partial charge is 0.216 e. The lowest BCUT2D eigenvalue weighted by Crippen LogP contribution is -2.50. The van der Waals surface area contributed by atoms with Crippen LogP contribution in [0.1, 0.15) is 69.8 Å². The van der Waals surface area contributed by atoms with E-state index in [0.717, 1.165) is 59.4 Å². The molecule has 3 aliphatic rings. The quantitative estimate of drug-likeness (QED) is 0.508. The minimum atomic E-state index is 0.463. The number of hydrogen-bond acceptors (Lipinski definition) is 7. The molecule has 2 aromatic heterocycles.